The van der Waals surface area contributed by atoms with Gasteiger partial charge in [0, 0.05) is 30.9 Å². The first kappa shape index (κ1) is 15.1. The molecular formula is C14H14N6O2S. The fraction of sp³-hybridized carbons (Fsp3) is 0.143. The number of nitrogens with zero attached hydrogens (tertiary/aromatic N) is 3. The number of fused-ring (bicyclic) bond motifs is 2. The van der Waals surface area contributed by atoms with Crippen molar-refractivity contribution in [1.29, 1.82) is 0 Å². The van der Waals surface area contributed by atoms with Crippen LogP contribution in [0.4, 0.5) is 11.5 Å². The molecule has 23 heavy (non-hydrogen) atoms. The molecule has 1 aromatic carbocycles. The van der Waals surface area contributed by atoms with Gasteiger partial charge in [-0.05, 0) is 17.7 Å². The fourth-order valence-corrected chi connectivity index (χ4v) is 2.97. The maximum atomic E-state index is 10.5. The van der Waals surface area contributed by atoms with E-state index < -0.39 is 4.92 Å². The molecule has 0 saturated carbocycles. The number of nitrogens with one attached hydrogen (secondary N) is 3. The third kappa shape index (κ3) is 3.51. The molecule has 0 spiro atoms. The Bertz CT molecular complexity index is 780. The maximum Gasteiger partial charge on any atom is 0.274 e. The predicted octanol–water partition coefficient (Wildman–Crippen LogP) is 2.07. The average molecular weight is 330 g/mol. The van der Waals surface area contributed by atoms with Crippen LogP contribution >= 0.6 is 11.8 Å². The highest BCUT2D eigenvalue weighted by molar-refractivity contribution is 7.99. The minimum absolute atomic E-state index is 0.353. The zero-order valence-corrected chi connectivity index (χ0v) is 13.1. The summed E-state index contributed by atoms with van der Waals surface area (Å²) in [6, 6.07) is 5.96. The van der Waals surface area contributed by atoms with Crippen LogP contribution in [0.1, 0.15) is 5.56 Å². The van der Waals surface area contributed by atoms with Gasteiger partial charge in [-0.25, -0.2) is 9.97 Å². The molecule has 0 unspecified atom stereocenters. The van der Waals surface area contributed by atoms with Crippen LogP contribution in [-0.4, -0.2) is 21.9 Å². The molecule has 0 atom stereocenters. The largest absolute Gasteiger partial charge is 0.370 e. The zero-order valence-electron chi connectivity index (χ0n) is 12.2. The molecule has 9 heteroatoms. The number of hydrogen-bond acceptors (Lipinski definition) is 8. The molecule has 8 nitrogen and oxygen atoms in total. The Morgan fingerprint density at radius 1 is 1.43 bits per heavy atom. The molecule has 118 valence electrons. The number of hydrogen-bond donors (Lipinski definition) is 3. The van der Waals surface area contributed by atoms with Gasteiger partial charge >= 0.3 is 0 Å². The van der Waals surface area contributed by atoms with Crippen molar-refractivity contribution in [2.24, 2.45) is 0 Å². The van der Waals surface area contributed by atoms with Crippen LogP contribution in [0.15, 0.2) is 52.5 Å². The molecule has 1 aliphatic rings. The smallest absolute Gasteiger partial charge is 0.274 e. The van der Waals surface area contributed by atoms with E-state index >= 15 is 0 Å². The molecular weight excluding hydrogens is 316 g/mol. The van der Waals surface area contributed by atoms with Crippen LogP contribution in [0, 0.1) is 10.1 Å². The van der Waals surface area contributed by atoms with E-state index in [9.17, 15) is 10.1 Å². The van der Waals surface area contributed by atoms with Gasteiger partial charge in [0.05, 0.1) is 10.6 Å². The molecule has 0 fully saturated rings. The number of benzene rings is 1. The van der Waals surface area contributed by atoms with E-state index in [4.69, 9.17) is 0 Å². The molecule has 2 aromatic rings. The topological polar surface area (TPSA) is 105 Å². The lowest BCUT2D eigenvalue weighted by atomic mass is 10.2. The zero-order chi connectivity index (χ0) is 16.2. The van der Waals surface area contributed by atoms with E-state index in [0.717, 1.165) is 33.2 Å². The summed E-state index contributed by atoms with van der Waals surface area (Å²) in [5, 5.41) is 20.3. The highest BCUT2D eigenvalue weighted by Gasteiger charge is 2.17. The normalized spacial score (nSPS) is 12.7. The van der Waals surface area contributed by atoms with Gasteiger partial charge in [0.25, 0.3) is 6.20 Å². The van der Waals surface area contributed by atoms with Crippen LogP contribution < -0.4 is 16.0 Å². The molecule has 2 heterocycles. The van der Waals surface area contributed by atoms with Gasteiger partial charge in [0.15, 0.2) is 11.6 Å². The lowest BCUT2D eigenvalue weighted by Gasteiger charge is -2.19. The first-order chi connectivity index (χ1) is 11.2. The third-order valence-electron chi connectivity index (χ3n) is 3.16. The highest BCUT2D eigenvalue weighted by Crippen LogP contribution is 2.41. The lowest BCUT2D eigenvalue weighted by Crippen LogP contribution is -2.24. The second-order valence-electron chi connectivity index (χ2n) is 4.70. The number of rotatable bonds is 5. The summed E-state index contributed by atoms with van der Waals surface area (Å²) in [5.41, 5.74) is 1.94. The molecule has 0 bridgehead atoms. The SMILES string of the molecule is CN/C(=C\[N+](=O)[O-])NCc1ccc2c(c1)Nc1nccnc1S2. The monoisotopic (exact) mass is 330 g/mol. The second kappa shape index (κ2) is 6.53. The van der Waals surface area contributed by atoms with E-state index in [2.05, 4.69) is 25.9 Å². The Morgan fingerprint density at radius 3 is 3.04 bits per heavy atom. The summed E-state index contributed by atoms with van der Waals surface area (Å²) in [4.78, 5) is 19.6. The van der Waals surface area contributed by atoms with Gasteiger partial charge in [-0.2, -0.15) is 0 Å². The summed E-state index contributed by atoms with van der Waals surface area (Å²) >= 11 is 1.56. The standard InChI is InChI=1S/C14H14N6O2S/c1-15-12(8-20(21)22)18-7-9-2-3-11-10(6-9)19-13-14(23-11)17-5-4-16-13/h2-6,8,15,18H,7H2,1H3,(H,16,19)/b12-8+. The Morgan fingerprint density at radius 2 is 2.26 bits per heavy atom. The van der Waals surface area contributed by atoms with Crippen molar-refractivity contribution in [3.63, 3.8) is 0 Å². The first-order valence-corrected chi connectivity index (χ1v) is 7.63. The summed E-state index contributed by atoms with van der Waals surface area (Å²) in [6.07, 6.45) is 4.21. The molecule has 0 saturated heterocycles. The average Bonchev–Trinajstić information content (AvgIpc) is 2.56. The van der Waals surface area contributed by atoms with Crippen molar-refractivity contribution in [2.45, 2.75) is 16.5 Å². The van der Waals surface area contributed by atoms with E-state index in [-0.39, 0.29) is 0 Å². The van der Waals surface area contributed by atoms with Crippen molar-refractivity contribution < 1.29 is 4.92 Å². The summed E-state index contributed by atoms with van der Waals surface area (Å²) in [7, 11) is 1.63. The Hall–Kier alpha value is -2.81. The van der Waals surface area contributed by atoms with Crippen LogP contribution in [-0.2, 0) is 6.54 Å². The fourth-order valence-electron chi connectivity index (χ4n) is 2.09. The van der Waals surface area contributed by atoms with Gasteiger partial charge < -0.3 is 16.0 Å². The van der Waals surface area contributed by atoms with Crippen molar-refractivity contribution in [3.8, 4) is 0 Å². The van der Waals surface area contributed by atoms with Gasteiger partial charge in [0.2, 0.25) is 0 Å². The molecule has 3 rings (SSSR count). The number of anilines is 2. The number of aromatic nitrogens is 2. The second-order valence-corrected chi connectivity index (χ2v) is 5.73. The van der Waals surface area contributed by atoms with Gasteiger partial charge in [-0.15, -0.1) is 0 Å². The summed E-state index contributed by atoms with van der Waals surface area (Å²) < 4.78 is 0. The third-order valence-corrected chi connectivity index (χ3v) is 4.22. The van der Waals surface area contributed by atoms with Gasteiger partial charge in [-0.3, -0.25) is 10.1 Å². The summed E-state index contributed by atoms with van der Waals surface area (Å²) in [5.74, 6) is 1.09. The predicted molar refractivity (Wildman–Crippen MR) is 86.9 cm³/mol. The summed E-state index contributed by atoms with van der Waals surface area (Å²) in [6.45, 7) is 0.466. The van der Waals surface area contributed by atoms with Crippen molar-refractivity contribution in [3.05, 3.63) is 58.3 Å². The quantitative estimate of drug-likeness (QED) is 0.482. The molecule has 0 aliphatic carbocycles. The highest BCUT2D eigenvalue weighted by atomic mass is 32.2. The van der Waals surface area contributed by atoms with Crippen molar-refractivity contribution in [1.82, 2.24) is 20.6 Å². The molecule has 1 aliphatic heterocycles. The Labute approximate surface area is 136 Å². The molecule has 0 radical (unpaired) electrons. The first-order valence-electron chi connectivity index (χ1n) is 6.81. The van der Waals surface area contributed by atoms with E-state index in [0.29, 0.717) is 12.4 Å². The lowest BCUT2D eigenvalue weighted by molar-refractivity contribution is -0.404. The van der Waals surface area contributed by atoms with Gasteiger partial charge in [0.1, 0.15) is 5.03 Å². The van der Waals surface area contributed by atoms with Crippen molar-refractivity contribution >= 4 is 23.3 Å². The molecule has 0 amide bonds. The minimum Gasteiger partial charge on any atom is -0.370 e. The Kier molecular flexibility index (Phi) is 4.29. The van der Waals surface area contributed by atoms with E-state index in [1.54, 1.807) is 31.2 Å². The molecule has 3 N–H and O–H groups in total. The van der Waals surface area contributed by atoms with Crippen LogP contribution in [0.2, 0.25) is 0 Å². The van der Waals surface area contributed by atoms with Crippen LogP contribution in [0.5, 0.6) is 0 Å². The minimum atomic E-state index is -0.501. The van der Waals surface area contributed by atoms with Crippen LogP contribution in [0.3, 0.4) is 0 Å². The van der Waals surface area contributed by atoms with Crippen molar-refractivity contribution in [2.75, 3.05) is 12.4 Å². The number of nitro groups is 1. The maximum absolute atomic E-state index is 10.5. The van der Waals surface area contributed by atoms with E-state index in [1.165, 1.54) is 0 Å². The van der Waals surface area contributed by atoms with E-state index in [1.807, 2.05) is 18.2 Å². The Balaban J connectivity index is 1.74. The van der Waals surface area contributed by atoms with Gasteiger partial charge in [-0.1, -0.05) is 17.8 Å². The molecule has 1 aromatic heterocycles. The van der Waals surface area contributed by atoms with Crippen LogP contribution in [0.25, 0.3) is 0 Å².